The molecular weight excluding hydrogens is 351 g/mol. The average Bonchev–Trinajstić information content (AvgIpc) is 3.39. The van der Waals surface area contributed by atoms with Crippen molar-refractivity contribution < 1.29 is 28.5 Å². The van der Waals surface area contributed by atoms with Crippen LogP contribution in [0.25, 0.3) is 0 Å². The first-order chi connectivity index (χ1) is 12.2. The summed E-state index contributed by atoms with van der Waals surface area (Å²) in [7, 11) is 0. The fourth-order valence-electron chi connectivity index (χ4n) is 2.57. The number of phenolic OH excluding ortho intramolecular Hbond substituents is 3. The number of rotatable bonds is 6. The highest BCUT2D eigenvalue weighted by molar-refractivity contribution is 5.51. The molecule has 3 rings (SSSR count). The van der Waals surface area contributed by atoms with Crippen molar-refractivity contribution in [3.05, 3.63) is 53.1 Å². The number of phenols is 3. The monoisotopic (exact) mass is 367 g/mol. The van der Waals surface area contributed by atoms with Crippen LogP contribution in [0.4, 0.5) is 13.2 Å². The first kappa shape index (κ1) is 18.0. The van der Waals surface area contributed by atoms with Crippen molar-refractivity contribution in [2.45, 2.75) is 24.8 Å². The standard InChI is InChI=1S/C17H16F3N3O3/c18-17(19,20)16(22-23-16)12-3-1-10(2-4-12)9-21-6-5-11-7-13(24)15(26)14(25)8-11/h1-4,7-8,21,24-26H,5-6,9H2. The fraction of sp³-hybridized carbons (Fsp3) is 0.294. The number of alkyl halides is 3. The lowest BCUT2D eigenvalue weighted by atomic mass is 10.0. The van der Waals surface area contributed by atoms with Gasteiger partial charge in [0, 0.05) is 12.1 Å². The van der Waals surface area contributed by atoms with E-state index in [-0.39, 0.29) is 5.56 Å². The van der Waals surface area contributed by atoms with Gasteiger partial charge in [0.2, 0.25) is 0 Å². The summed E-state index contributed by atoms with van der Waals surface area (Å²) in [5, 5.41) is 37.6. The Balaban J connectivity index is 1.52. The van der Waals surface area contributed by atoms with Crippen LogP contribution in [0.15, 0.2) is 46.6 Å². The molecule has 0 radical (unpaired) electrons. The molecule has 138 valence electrons. The molecule has 0 saturated carbocycles. The van der Waals surface area contributed by atoms with Crippen molar-refractivity contribution in [2.24, 2.45) is 10.2 Å². The summed E-state index contributed by atoms with van der Waals surface area (Å²) < 4.78 is 38.8. The van der Waals surface area contributed by atoms with Gasteiger partial charge in [0.15, 0.2) is 17.2 Å². The summed E-state index contributed by atoms with van der Waals surface area (Å²) in [5.74, 6) is -1.36. The molecule has 0 fully saturated rings. The van der Waals surface area contributed by atoms with Gasteiger partial charge in [0.1, 0.15) is 0 Å². The van der Waals surface area contributed by atoms with Gasteiger partial charge in [-0.05, 0) is 36.2 Å². The number of nitrogens with one attached hydrogen (secondary N) is 1. The zero-order valence-electron chi connectivity index (χ0n) is 13.5. The van der Waals surface area contributed by atoms with E-state index in [9.17, 15) is 28.5 Å². The van der Waals surface area contributed by atoms with Gasteiger partial charge in [-0.25, -0.2) is 0 Å². The number of benzene rings is 2. The maximum absolute atomic E-state index is 12.9. The van der Waals surface area contributed by atoms with Crippen LogP contribution in [0.5, 0.6) is 17.2 Å². The lowest BCUT2D eigenvalue weighted by molar-refractivity contribution is -0.166. The van der Waals surface area contributed by atoms with E-state index in [0.717, 1.165) is 5.56 Å². The van der Waals surface area contributed by atoms with Crippen molar-refractivity contribution in [1.82, 2.24) is 5.32 Å². The Morgan fingerprint density at radius 3 is 2.00 bits per heavy atom. The molecule has 6 nitrogen and oxygen atoms in total. The summed E-state index contributed by atoms with van der Waals surface area (Å²) in [6, 6.07) is 8.59. The van der Waals surface area contributed by atoms with Crippen LogP contribution < -0.4 is 5.32 Å². The minimum atomic E-state index is -4.53. The smallest absolute Gasteiger partial charge is 0.442 e. The van der Waals surface area contributed by atoms with Gasteiger partial charge in [0.05, 0.1) is 0 Å². The van der Waals surface area contributed by atoms with E-state index in [4.69, 9.17) is 0 Å². The largest absolute Gasteiger partial charge is 0.504 e. The second kappa shape index (κ2) is 6.49. The first-order valence-electron chi connectivity index (χ1n) is 7.78. The first-order valence-corrected chi connectivity index (χ1v) is 7.78. The van der Waals surface area contributed by atoms with E-state index < -0.39 is 29.1 Å². The van der Waals surface area contributed by atoms with Crippen molar-refractivity contribution in [3.63, 3.8) is 0 Å². The summed E-state index contributed by atoms with van der Waals surface area (Å²) in [6.45, 7) is 0.937. The third-order valence-corrected chi connectivity index (χ3v) is 4.10. The molecule has 0 atom stereocenters. The number of hydrogen-bond donors (Lipinski definition) is 4. The van der Waals surface area contributed by atoms with Crippen LogP contribution in [0.3, 0.4) is 0 Å². The van der Waals surface area contributed by atoms with E-state index in [1.807, 2.05) is 0 Å². The zero-order valence-corrected chi connectivity index (χ0v) is 13.5. The SMILES string of the molecule is Oc1cc(CCNCc2ccc(C3(C(F)(F)F)N=N3)cc2)cc(O)c1O. The molecule has 0 saturated heterocycles. The summed E-state index contributed by atoms with van der Waals surface area (Å²) in [5.41, 5.74) is -0.987. The van der Waals surface area contributed by atoms with Gasteiger partial charge in [-0.15, -0.1) is 10.2 Å². The Labute approximate surface area is 146 Å². The van der Waals surface area contributed by atoms with Gasteiger partial charge in [-0.2, -0.15) is 13.2 Å². The van der Waals surface area contributed by atoms with Crippen molar-refractivity contribution in [2.75, 3.05) is 6.54 Å². The molecule has 0 spiro atoms. The number of halogens is 3. The van der Waals surface area contributed by atoms with Crippen LogP contribution in [-0.2, 0) is 18.6 Å². The molecule has 26 heavy (non-hydrogen) atoms. The molecule has 2 aromatic rings. The molecule has 0 aliphatic carbocycles. The Bertz CT molecular complexity index is 806. The number of hydrogen-bond acceptors (Lipinski definition) is 6. The van der Waals surface area contributed by atoms with E-state index in [0.29, 0.717) is 25.1 Å². The van der Waals surface area contributed by atoms with E-state index >= 15 is 0 Å². The molecule has 0 unspecified atom stereocenters. The topological polar surface area (TPSA) is 97.4 Å². The highest BCUT2D eigenvalue weighted by atomic mass is 19.4. The van der Waals surface area contributed by atoms with E-state index in [2.05, 4.69) is 15.5 Å². The molecule has 1 aliphatic heterocycles. The summed E-state index contributed by atoms with van der Waals surface area (Å²) in [6.07, 6.45) is -4.05. The van der Waals surface area contributed by atoms with Gasteiger partial charge < -0.3 is 20.6 Å². The molecule has 1 heterocycles. The van der Waals surface area contributed by atoms with Gasteiger partial charge >= 0.3 is 11.8 Å². The quantitative estimate of drug-likeness (QED) is 0.465. The van der Waals surface area contributed by atoms with Gasteiger partial charge in [-0.1, -0.05) is 24.3 Å². The van der Waals surface area contributed by atoms with Crippen LogP contribution in [-0.4, -0.2) is 28.0 Å². The minimum Gasteiger partial charge on any atom is -0.504 e. The Kier molecular flexibility index (Phi) is 4.49. The van der Waals surface area contributed by atoms with Crippen LogP contribution in [0.1, 0.15) is 16.7 Å². The predicted molar refractivity (Wildman–Crippen MR) is 85.9 cm³/mol. The maximum atomic E-state index is 12.9. The number of aromatic hydroxyl groups is 3. The Hall–Kier alpha value is -2.81. The predicted octanol–water partition coefficient (Wildman–Crippen LogP) is 3.32. The summed E-state index contributed by atoms with van der Waals surface area (Å²) in [4.78, 5) is 0. The fourth-order valence-corrected chi connectivity index (χ4v) is 2.57. The maximum Gasteiger partial charge on any atom is 0.442 e. The second-order valence-corrected chi connectivity index (χ2v) is 5.98. The van der Waals surface area contributed by atoms with Gasteiger partial charge in [0.25, 0.3) is 0 Å². The third-order valence-electron chi connectivity index (χ3n) is 4.10. The lowest BCUT2D eigenvalue weighted by Crippen LogP contribution is -2.30. The molecule has 0 aromatic heterocycles. The Morgan fingerprint density at radius 2 is 1.50 bits per heavy atom. The molecule has 2 aromatic carbocycles. The summed E-state index contributed by atoms with van der Waals surface area (Å²) >= 11 is 0. The van der Waals surface area contributed by atoms with E-state index in [1.165, 1.54) is 24.3 Å². The molecule has 0 bridgehead atoms. The second-order valence-electron chi connectivity index (χ2n) is 5.98. The average molecular weight is 367 g/mol. The molecule has 0 amide bonds. The minimum absolute atomic E-state index is 0.0104. The highest BCUT2D eigenvalue weighted by Crippen LogP contribution is 2.52. The normalized spacial score (nSPS) is 15.2. The van der Waals surface area contributed by atoms with Crippen LogP contribution in [0.2, 0.25) is 0 Å². The highest BCUT2D eigenvalue weighted by Gasteiger charge is 2.65. The molecule has 9 heteroatoms. The van der Waals surface area contributed by atoms with Crippen LogP contribution in [0, 0.1) is 0 Å². The Morgan fingerprint density at radius 1 is 0.923 bits per heavy atom. The van der Waals surface area contributed by atoms with Crippen molar-refractivity contribution >= 4 is 0 Å². The third kappa shape index (κ3) is 3.43. The molecule has 4 N–H and O–H groups in total. The van der Waals surface area contributed by atoms with Crippen LogP contribution >= 0.6 is 0 Å². The van der Waals surface area contributed by atoms with Gasteiger partial charge in [-0.3, -0.25) is 0 Å². The van der Waals surface area contributed by atoms with E-state index in [1.54, 1.807) is 12.1 Å². The zero-order chi connectivity index (χ0) is 18.9. The lowest BCUT2D eigenvalue weighted by Gasteiger charge is -2.15. The van der Waals surface area contributed by atoms with Crippen molar-refractivity contribution in [1.29, 1.82) is 0 Å². The molecular formula is C17H16F3N3O3. The number of nitrogens with zero attached hydrogens (tertiary/aromatic N) is 2. The van der Waals surface area contributed by atoms with Crippen molar-refractivity contribution in [3.8, 4) is 17.2 Å². The molecule has 1 aliphatic rings.